The van der Waals surface area contributed by atoms with Gasteiger partial charge >= 0.3 is 0 Å². The Balaban J connectivity index is 2.33. The van der Waals surface area contributed by atoms with Gasteiger partial charge in [-0.25, -0.2) is 4.98 Å². The molecule has 3 rings (SSSR count). The van der Waals surface area contributed by atoms with Crippen LogP contribution >= 0.6 is 38.9 Å². The summed E-state index contributed by atoms with van der Waals surface area (Å²) in [4.78, 5) is 13.4. The molecule has 3 nitrogen and oxygen atoms in total. The molecule has 0 aliphatic heterocycles. The van der Waals surface area contributed by atoms with Crippen LogP contribution in [-0.2, 0) is 6.42 Å². The van der Waals surface area contributed by atoms with Gasteiger partial charge in [0.15, 0.2) is 0 Å². The third-order valence-electron chi connectivity index (χ3n) is 4.03. The number of halogens is 2. The van der Waals surface area contributed by atoms with E-state index in [-0.39, 0.29) is 5.28 Å². The first-order chi connectivity index (χ1) is 12.6. The van der Waals surface area contributed by atoms with Gasteiger partial charge in [0.25, 0.3) is 0 Å². The molecule has 0 aliphatic rings. The average Bonchev–Trinajstić information content (AvgIpc) is 3.00. The van der Waals surface area contributed by atoms with E-state index in [2.05, 4.69) is 75.1 Å². The maximum Gasteiger partial charge on any atom is 0.225 e. The zero-order valence-corrected chi connectivity index (χ0v) is 17.7. The minimum atomic E-state index is 0.261. The number of aryl methyl sites for hydroxylation is 1. The van der Waals surface area contributed by atoms with Gasteiger partial charge in [0, 0.05) is 28.0 Å². The highest BCUT2D eigenvalue weighted by Crippen LogP contribution is 2.43. The molecule has 3 aromatic rings. The molecule has 6 heteroatoms. The molecule has 134 valence electrons. The Labute approximate surface area is 171 Å². The predicted octanol–water partition coefficient (Wildman–Crippen LogP) is 6.52. The summed E-state index contributed by atoms with van der Waals surface area (Å²) in [6.45, 7) is 11.2. The fraction of sp³-hybridized carbons (Fsp3) is 0.200. The van der Waals surface area contributed by atoms with Crippen molar-refractivity contribution in [2.24, 2.45) is 0 Å². The van der Waals surface area contributed by atoms with Crippen molar-refractivity contribution in [3.63, 3.8) is 0 Å². The Bertz CT molecular complexity index is 940. The van der Waals surface area contributed by atoms with E-state index in [0.717, 1.165) is 32.5 Å². The summed E-state index contributed by atoms with van der Waals surface area (Å²) in [5, 5.41) is 1.30. The van der Waals surface area contributed by atoms with Crippen molar-refractivity contribution in [3.05, 3.63) is 64.2 Å². The van der Waals surface area contributed by atoms with Crippen LogP contribution in [0.25, 0.3) is 21.3 Å². The molecule has 0 radical (unpaired) electrons. The third-order valence-corrected chi connectivity index (χ3v) is 5.96. The molecule has 1 aromatic carbocycles. The van der Waals surface area contributed by atoms with Crippen molar-refractivity contribution >= 4 is 54.9 Å². The first kappa shape index (κ1) is 19.1. The summed E-state index contributed by atoms with van der Waals surface area (Å²) < 4.78 is 1.05. The van der Waals surface area contributed by atoms with E-state index in [1.807, 2.05) is 12.2 Å². The molecule has 0 saturated carbocycles. The summed E-state index contributed by atoms with van der Waals surface area (Å²) in [6.07, 6.45) is 4.64. The van der Waals surface area contributed by atoms with Gasteiger partial charge in [-0.05, 0) is 35.7 Å². The number of rotatable bonds is 7. The molecule has 2 aromatic heterocycles. The lowest BCUT2D eigenvalue weighted by atomic mass is 10.0. The number of hydrogen-bond donors (Lipinski definition) is 0. The fourth-order valence-electron chi connectivity index (χ4n) is 2.96. The summed E-state index contributed by atoms with van der Waals surface area (Å²) in [5.41, 5.74) is 2.34. The van der Waals surface area contributed by atoms with Crippen LogP contribution in [0.2, 0.25) is 5.28 Å². The highest BCUT2D eigenvalue weighted by Gasteiger charge is 2.22. The monoisotopic (exact) mass is 447 g/mol. The lowest BCUT2D eigenvalue weighted by Gasteiger charge is -2.22. The molecule has 0 unspecified atom stereocenters. The van der Waals surface area contributed by atoms with Crippen LogP contribution in [0.1, 0.15) is 11.8 Å². The number of anilines is 1. The van der Waals surface area contributed by atoms with Crippen molar-refractivity contribution < 1.29 is 0 Å². The summed E-state index contributed by atoms with van der Waals surface area (Å²) >= 11 is 11.4. The number of aromatic nitrogens is 2. The van der Waals surface area contributed by atoms with Crippen LogP contribution in [0.15, 0.2) is 54.0 Å². The second-order valence-corrected chi connectivity index (χ2v) is 8.08. The second kappa shape index (κ2) is 8.33. The van der Waals surface area contributed by atoms with Crippen LogP contribution < -0.4 is 4.90 Å². The Kier molecular flexibility index (Phi) is 6.12. The number of benzene rings is 1. The van der Waals surface area contributed by atoms with E-state index in [0.29, 0.717) is 13.1 Å². The van der Waals surface area contributed by atoms with Gasteiger partial charge in [-0.2, -0.15) is 4.98 Å². The van der Waals surface area contributed by atoms with Crippen LogP contribution in [-0.4, -0.2) is 23.1 Å². The van der Waals surface area contributed by atoms with Crippen molar-refractivity contribution in [1.29, 1.82) is 0 Å². The van der Waals surface area contributed by atoms with E-state index in [1.54, 1.807) is 11.3 Å². The smallest absolute Gasteiger partial charge is 0.225 e. The number of hydrogen-bond acceptors (Lipinski definition) is 4. The molecular weight excluding hydrogens is 430 g/mol. The van der Waals surface area contributed by atoms with E-state index in [4.69, 9.17) is 11.6 Å². The Morgan fingerprint density at radius 1 is 1.15 bits per heavy atom. The van der Waals surface area contributed by atoms with Gasteiger partial charge in [-0.15, -0.1) is 24.5 Å². The summed E-state index contributed by atoms with van der Waals surface area (Å²) in [6, 6.07) is 8.35. The molecule has 0 amide bonds. The molecule has 0 N–H and O–H groups in total. The minimum absolute atomic E-state index is 0.261. The quantitative estimate of drug-likeness (QED) is 0.304. The Morgan fingerprint density at radius 2 is 1.81 bits per heavy atom. The van der Waals surface area contributed by atoms with Crippen molar-refractivity contribution in [2.45, 2.75) is 13.3 Å². The second-order valence-electron chi connectivity index (χ2n) is 5.74. The third kappa shape index (κ3) is 3.70. The van der Waals surface area contributed by atoms with Gasteiger partial charge in [0.05, 0.1) is 5.39 Å². The van der Waals surface area contributed by atoms with E-state index >= 15 is 0 Å². The van der Waals surface area contributed by atoms with Gasteiger partial charge in [0.1, 0.15) is 10.6 Å². The van der Waals surface area contributed by atoms with Crippen LogP contribution in [0.4, 0.5) is 5.82 Å². The highest BCUT2D eigenvalue weighted by atomic mass is 79.9. The van der Waals surface area contributed by atoms with Crippen LogP contribution in [0, 0.1) is 0 Å². The molecule has 0 fully saturated rings. The van der Waals surface area contributed by atoms with Crippen molar-refractivity contribution in [2.75, 3.05) is 18.0 Å². The van der Waals surface area contributed by atoms with E-state index in [1.165, 1.54) is 10.4 Å². The van der Waals surface area contributed by atoms with E-state index in [9.17, 15) is 0 Å². The Morgan fingerprint density at radius 3 is 2.38 bits per heavy atom. The van der Waals surface area contributed by atoms with Crippen LogP contribution in [0.5, 0.6) is 0 Å². The van der Waals surface area contributed by atoms with Crippen LogP contribution in [0.3, 0.4) is 0 Å². The first-order valence-corrected chi connectivity index (χ1v) is 10.3. The highest BCUT2D eigenvalue weighted by molar-refractivity contribution is 9.10. The van der Waals surface area contributed by atoms with Gasteiger partial charge in [-0.3, -0.25) is 0 Å². The molecule has 0 atom stereocenters. The molecule has 0 aliphatic carbocycles. The summed E-state index contributed by atoms with van der Waals surface area (Å²) in [7, 11) is 0. The lowest BCUT2D eigenvalue weighted by molar-refractivity contribution is 0.929. The maximum atomic E-state index is 6.24. The SMILES string of the molecule is C=CCN(CC=C)c1nc(Cl)nc2sc(CC)c(-c3ccc(Br)cc3)c12. The van der Waals surface area contributed by atoms with Gasteiger partial charge in [0.2, 0.25) is 5.28 Å². The predicted molar refractivity (Wildman–Crippen MR) is 118 cm³/mol. The lowest BCUT2D eigenvalue weighted by Crippen LogP contribution is -2.24. The standard InChI is InChI=1S/C20H19BrClN3S/c1-4-11-25(12-5-2)18-17-16(13-7-9-14(21)10-8-13)15(6-3)26-19(17)24-20(22)23-18/h4-5,7-10H,1-2,6,11-12H2,3H3. The molecule has 0 bridgehead atoms. The number of nitrogens with zero attached hydrogens (tertiary/aromatic N) is 3. The summed E-state index contributed by atoms with van der Waals surface area (Å²) in [5.74, 6) is 0.827. The van der Waals surface area contributed by atoms with Gasteiger partial charge in [-0.1, -0.05) is 47.1 Å². The number of thiophene rings is 1. The van der Waals surface area contributed by atoms with E-state index < -0.39 is 0 Å². The topological polar surface area (TPSA) is 29.0 Å². The van der Waals surface area contributed by atoms with Crippen molar-refractivity contribution in [3.8, 4) is 11.1 Å². The normalized spacial score (nSPS) is 10.9. The maximum absolute atomic E-state index is 6.24. The number of fused-ring (bicyclic) bond motifs is 1. The minimum Gasteiger partial charge on any atom is -0.348 e. The zero-order valence-electron chi connectivity index (χ0n) is 14.5. The first-order valence-electron chi connectivity index (χ1n) is 8.30. The van der Waals surface area contributed by atoms with Gasteiger partial charge < -0.3 is 4.90 Å². The molecular formula is C20H19BrClN3S. The Hall–Kier alpha value is -1.69. The van der Waals surface area contributed by atoms with Crippen molar-refractivity contribution in [1.82, 2.24) is 9.97 Å². The molecule has 0 saturated heterocycles. The molecule has 2 heterocycles. The fourth-order valence-corrected chi connectivity index (χ4v) is 4.57. The zero-order chi connectivity index (χ0) is 18.7. The molecule has 0 spiro atoms. The molecule has 26 heavy (non-hydrogen) atoms. The average molecular weight is 449 g/mol. The largest absolute Gasteiger partial charge is 0.348 e.